The van der Waals surface area contributed by atoms with Gasteiger partial charge < -0.3 is 24.4 Å². The summed E-state index contributed by atoms with van der Waals surface area (Å²) in [5.74, 6) is 0. The number of morpholine rings is 1. The maximum absolute atomic E-state index is 12.2. The van der Waals surface area contributed by atoms with Gasteiger partial charge in [0.15, 0.2) is 0 Å². The summed E-state index contributed by atoms with van der Waals surface area (Å²) in [6.07, 6.45) is 2.27. The number of hydrogen-bond donors (Lipinski definition) is 1. The maximum Gasteiger partial charge on any atom is 0.410 e. The first kappa shape index (κ1) is 18.2. The van der Waals surface area contributed by atoms with E-state index in [2.05, 4.69) is 5.32 Å². The van der Waals surface area contributed by atoms with Crippen molar-refractivity contribution in [3.63, 3.8) is 0 Å². The van der Waals surface area contributed by atoms with Gasteiger partial charge in [0.25, 0.3) is 0 Å². The second-order valence-corrected chi connectivity index (χ2v) is 6.63. The van der Waals surface area contributed by atoms with Crippen molar-refractivity contribution in [1.82, 2.24) is 10.2 Å². The van der Waals surface area contributed by atoms with Crippen molar-refractivity contribution in [3.8, 4) is 0 Å². The molecule has 1 saturated heterocycles. The van der Waals surface area contributed by atoms with Crippen molar-refractivity contribution in [2.24, 2.45) is 0 Å². The van der Waals surface area contributed by atoms with Gasteiger partial charge in [0, 0.05) is 25.7 Å². The Hall–Kier alpha value is -1.63. The summed E-state index contributed by atoms with van der Waals surface area (Å²) in [7, 11) is 0. The van der Waals surface area contributed by atoms with E-state index < -0.39 is 0 Å². The maximum atomic E-state index is 12.2. The minimum atomic E-state index is -0.266. The standard InChI is InChI=1S/C19H28N2O4/c1-2-23-17-10-16(11-17)20-12-18-13-21(8-9-24-18)19(22)25-14-15-6-4-3-5-7-15/h3-7,16-18,20H,2,8-14H2,1H3. The van der Waals surface area contributed by atoms with Crippen LogP contribution in [0, 0.1) is 0 Å². The summed E-state index contributed by atoms with van der Waals surface area (Å²) in [4.78, 5) is 14.0. The molecule has 25 heavy (non-hydrogen) atoms. The number of benzene rings is 1. The first-order valence-electron chi connectivity index (χ1n) is 9.16. The first-order valence-corrected chi connectivity index (χ1v) is 9.16. The molecule has 1 atom stereocenters. The highest BCUT2D eigenvalue weighted by molar-refractivity contribution is 5.67. The van der Waals surface area contributed by atoms with Crippen LogP contribution in [0.4, 0.5) is 4.79 Å². The lowest BCUT2D eigenvalue weighted by Gasteiger charge is -2.38. The Bertz CT molecular complexity index is 533. The molecule has 6 nitrogen and oxygen atoms in total. The van der Waals surface area contributed by atoms with Crippen molar-refractivity contribution < 1.29 is 19.0 Å². The molecule has 0 spiro atoms. The molecule has 138 valence electrons. The smallest absolute Gasteiger partial charge is 0.410 e. The molecule has 1 aliphatic carbocycles. The average Bonchev–Trinajstić information content (AvgIpc) is 2.62. The molecule has 1 aromatic carbocycles. The highest BCUT2D eigenvalue weighted by Gasteiger charge is 2.31. The molecule has 6 heteroatoms. The third-order valence-corrected chi connectivity index (χ3v) is 4.73. The Kier molecular flexibility index (Phi) is 6.67. The molecule has 1 unspecified atom stereocenters. The first-order chi connectivity index (χ1) is 12.2. The van der Waals surface area contributed by atoms with Crippen molar-refractivity contribution in [2.75, 3.05) is 32.8 Å². The normalized spacial score (nSPS) is 26.1. The molecular formula is C19H28N2O4. The van der Waals surface area contributed by atoms with E-state index in [-0.39, 0.29) is 12.2 Å². The van der Waals surface area contributed by atoms with E-state index in [1.54, 1.807) is 4.90 Å². The van der Waals surface area contributed by atoms with Crippen molar-refractivity contribution in [3.05, 3.63) is 35.9 Å². The van der Waals surface area contributed by atoms with Crippen LogP contribution in [0.15, 0.2) is 30.3 Å². The third kappa shape index (κ3) is 5.42. The quantitative estimate of drug-likeness (QED) is 0.818. The highest BCUT2D eigenvalue weighted by Crippen LogP contribution is 2.23. The molecule has 0 bridgehead atoms. The average molecular weight is 348 g/mol. The topological polar surface area (TPSA) is 60.0 Å². The van der Waals surface area contributed by atoms with Gasteiger partial charge in [-0.2, -0.15) is 0 Å². The number of carbonyl (C=O) groups excluding carboxylic acids is 1. The van der Waals surface area contributed by atoms with Gasteiger partial charge in [-0.25, -0.2) is 4.79 Å². The lowest BCUT2D eigenvalue weighted by molar-refractivity contribution is -0.0386. The lowest BCUT2D eigenvalue weighted by atomic mass is 9.89. The molecule has 1 saturated carbocycles. The summed E-state index contributed by atoms with van der Waals surface area (Å²) in [6, 6.07) is 10.2. The molecule has 3 rings (SSSR count). The van der Waals surface area contributed by atoms with Gasteiger partial charge in [-0.05, 0) is 25.3 Å². The van der Waals surface area contributed by atoms with Crippen LogP contribution in [0.1, 0.15) is 25.3 Å². The number of hydrogen-bond acceptors (Lipinski definition) is 5. The van der Waals surface area contributed by atoms with E-state index in [0.717, 1.165) is 31.6 Å². The van der Waals surface area contributed by atoms with Gasteiger partial charge in [-0.3, -0.25) is 0 Å². The zero-order valence-corrected chi connectivity index (χ0v) is 14.9. The molecule has 1 aliphatic heterocycles. The van der Waals surface area contributed by atoms with Gasteiger partial charge in [-0.15, -0.1) is 0 Å². The van der Waals surface area contributed by atoms with Gasteiger partial charge in [-0.1, -0.05) is 30.3 Å². The van der Waals surface area contributed by atoms with Crippen LogP contribution >= 0.6 is 0 Å². The Morgan fingerprint density at radius 1 is 1.32 bits per heavy atom. The second kappa shape index (κ2) is 9.17. The van der Waals surface area contributed by atoms with Crippen LogP contribution in [0.3, 0.4) is 0 Å². The van der Waals surface area contributed by atoms with E-state index in [9.17, 15) is 4.79 Å². The molecule has 1 aromatic rings. The monoisotopic (exact) mass is 348 g/mol. The van der Waals surface area contributed by atoms with Crippen molar-refractivity contribution in [1.29, 1.82) is 0 Å². The highest BCUT2D eigenvalue weighted by atomic mass is 16.6. The fraction of sp³-hybridized carbons (Fsp3) is 0.632. The van der Waals surface area contributed by atoms with E-state index >= 15 is 0 Å². The minimum Gasteiger partial charge on any atom is -0.445 e. The van der Waals surface area contributed by atoms with E-state index in [0.29, 0.717) is 38.4 Å². The second-order valence-electron chi connectivity index (χ2n) is 6.63. The van der Waals surface area contributed by atoms with Gasteiger partial charge in [0.05, 0.1) is 25.4 Å². The molecule has 2 aliphatic rings. The third-order valence-electron chi connectivity index (χ3n) is 4.73. The molecule has 1 amide bonds. The molecular weight excluding hydrogens is 320 g/mol. The summed E-state index contributed by atoms with van der Waals surface area (Å²) in [5, 5.41) is 3.51. The predicted octanol–water partition coefficient (Wildman–Crippen LogP) is 2.18. The number of rotatable bonds is 7. The summed E-state index contributed by atoms with van der Waals surface area (Å²) in [5.41, 5.74) is 0.996. The molecule has 2 fully saturated rings. The van der Waals surface area contributed by atoms with Crippen molar-refractivity contribution >= 4 is 6.09 Å². The van der Waals surface area contributed by atoms with Gasteiger partial charge in [0.1, 0.15) is 6.61 Å². The van der Waals surface area contributed by atoms with Crippen LogP contribution in [-0.4, -0.2) is 62.1 Å². The Morgan fingerprint density at radius 3 is 2.88 bits per heavy atom. The van der Waals surface area contributed by atoms with Gasteiger partial charge in [0.2, 0.25) is 0 Å². The largest absolute Gasteiger partial charge is 0.445 e. The van der Waals surface area contributed by atoms with E-state index in [1.807, 2.05) is 37.3 Å². The fourth-order valence-electron chi connectivity index (χ4n) is 3.22. The molecule has 0 aromatic heterocycles. The number of nitrogens with one attached hydrogen (secondary N) is 1. The number of carbonyl (C=O) groups is 1. The zero-order valence-electron chi connectivity index (χ0n) is 14.9. The summed E-state index contributed by atoms with van der Waals surface area (Å²) in [6.45, 7) is 5.58. The van der Waals surface area contributed by atoms with Crippen LogP contribution in [0.2, 0.25) is 0 Å². The Balaban J connectivity index is 1.35. The number of ether oxygens (including phenoxy) is 3. The van der Waals surface area contributed by atoms with Crippen molar-refractivity contribution in [2.45, 2.75) is 44.6 Å². The van der Waals surface area contributed by atoms with E-state index in [1.165, 1.54) is 0 Å². The number of amides is 1. The predicted molar refractivity (Wildman–Crippen MR) is 94.4 cm³/mol. The Labute approximate surface area is 149 Å². The summed E-state index contributed by atoms with van der Waals surface area (Å²) < 4.78 is 16.8. The van der Waals surface area contributed by atoms with Gasteiger partial charge >= 0.3 is 6.09 Å². The fourth-order valence-corrected chi connectivity index (χ4v) is 3.22. The number of nitrogens with zero attached hydrogens (tertiary/aromatic N) is 1. The molecule has 1 heterocycles. The SMILES string of the molecule is CCOC1CC(NCC2CN(C(=O)OCc3ccccc3)CCO2)C1. The summed E-state index contributed by atoms with van der Waals surface area (Å²) >= 11 is 0. The van der Waals surface area contributed by atoms with Crippen LogP contribution in [0.25, 0.3) is 0 Å². The van der Waals surface area contributed by atoms with Crippen LogP contribution in [0.5, 0.6) is 0 Å². The lowest BCUT2D eigenvalue weighted by Crippen LogP contribution is -2.53. The minimum absolute atomic E-state index is 0.0177. The zero-order chi connectivity index (χ0) is 17.5. The van der Waals surface area contributed by atoms with E-state index in [4.69, 9.17) is 14.2 Å². The van der Waals surface area contributed by atoms with Crippen LogP contribution < -0.4 is 5.32 Å². The molecule has 1 N–H and O–H groups in total. The Morgan fingerprint density at radius 2 is 2.12 bits per heavy atom. The van der Waals surface area contributed by atoms with Crippen LogP contribution in [-0.2, 0) is 20.8 Å². The molecule has 0 radical (unpaired) electrons.